The molecule has 0 unspecified atom stereocenters. The van der Waals surface area contributed by atoms with Crippen molar-refractivity contribution in [3.05, 3.63) is 65.2 Å². The maximum absolute atomic E-state index is 11.0. The zero-order valence-electron chi connectivity index (χ0n) is 13.4. The molecule has 1 amide bonds. The first-order valence-corrected chi connectivity index (χ1v) is 7.53. The number of nitrogens with one attached hydrogen (secondary N) is 1. The van der Waals surface area contributed by atoms with Gasteiger partial charge in [0.15, 0.2) is 5.88 Å². The summed E-state index contributed by atoms with van der Waals surface area (Å²) in [7, 11) is 0. The Labute approximate surface area is 143 Å². The van der Waals surface area contributed by atoms with E-state index >= 15 is 0 Å². The highest BCUT2D eigenvalue weighted by Crippen LogP contribution is 2.34. The maximum atomic E-state index is 11.0. The van der Waals surface area contributed by atoms with E-state index in [9.17, 15) is 20.1 Å². The second kappa shape index (κ2) is 6.52. The van der Waals surface area contributed by atoms with Crippen LogP contribution in [0.15, 0.2) is 53.5 Å². The molecule has 0 saturated heterocycles. The van der Waals surface area contributed by atoms with Crippen LogP contribution in [0.4, 0.5) is 0 Å². The lowest BCUT2D eigenvalue weighted by molar-refractivity contribution is -0.106. The largest absolute Gasteiger partial charge is 0.508 e. The molecule has 0 aliphatic heterocycles. The SMILES string of the molecule is Cc1c(-c2ccc(O)cc2)[nH]c(O)c1C(=NC=O)c1ccc(O)cc1. The number of rotatable bonds is 4. The molecular weight excluding hydrogens is 320 g/mol. The molecule has 3 aromatic rings. The van der Waals surface area contributed by atoms with Crippen LogP contribution in [0.2, 0.25) is 0 Å². The van der Waals surface area contributed by atoms with Crippen LogP contribution in [-0.2, 0) is 4.79 Å². The van der Waals surface area contributed by atoms with Crippen molar-refractivity contribution < 1.29 is 20.1 Å². The first-order chi connectivity index (χ1) is 12.0. The number of aliphatic imine (C=N–C) groups is 1. The Bertz CT molecular complexity index is 939. The molecule has 25 heavy (non-hydrogen) atoms. The first-order valence-electron chi connectivity index (χ1n) is 7.53. The molecule has 2 aromatic carbocycles. The van der Waals surface area contributed by atoms with Gasteiger partial charge in [-0.3, -0.25) is 4.79 Å². The van der Waals surface area contributed by atoms with Gasteiger partial charge in [-0.2, -0.15) is 0 Å². The number of aromatic hydroxyl groups is 3. The van der Waals surface area contributed by atoms with Crippen molar-refractivity contribution >= 4 is 12.1 Å². The maximum Gasteiger partial charge on any atom is 0.233 e. The van der Waals surface area contributed by atoms with Crippen molar-refractivity contribution in [1.29, 1.82) is 0 Å². The molecule has 3 rings (SSSR count). The van der Waals surface area contributed by atoms with Crippen molar-refractivity contribution in [3.8, 4) is 28.6 Å². The molecule has 1 heterocycles. The van der Waals surface area contributed by atoms with Gasteiger partial charge in [-0.1, -0.05) is 0 Å². The van der Waals surface area contributed by atoms with Crippen molar-refractivity contribution in [2.24, 2.45) is 4.99 Å². The number of phenols is 2. The van der Waals surface area contributed by atoms with Gasteiger partial charge in [-0.25, -0.2) is 4.99 Å². The van der Waals surface area contributed by atoms with E-state index in [-0.39, 0.29) is 17.4 Å². The van der Waals surface area contributed by atoms with Crippen LogP contribution in [0.5, 0.6) is 17.4 Å². The van der Waals surface area contributed by atoms with Gasteiger partial charge in [0, 0.05) is 5.56 Å². The summed E-state index contributed by atoms with van der Waals surface area (Å²) in [6.45, 7) is 1.80. The summed E-state index contributed by atoms with van der Waals surface area (Å²) in [4.78, 5) is 17.8. The van der Waals surface area contributed by atoms with Gasteiger partial charge in [0.2, 0.25) is 6.41 Å². The summed E-state index contributed by atoms with van der Waals surface area (Å²) in [5, 5.41) is 29.3. The average Bonchev–Trinajstić information content (AvgIpc) is 2.89. The fourth-order valence-corrected chi connectivity index (χ4v) is 2.74. The average molecular weight is 336 g/mol. The predicted octanol–water partition coefficient (Wildman–Crippen LogP) is 3.10. The molecule has 0 radical (unpaired) electrons. The highest BCUT2D eigenvalue weighted by atomic mass is 16.3. The summed E-state index contributed by atoms with van der Waals surface area (Å²) in [5.41, 5.74) is 3.42. The van der Waals surface area contributed by atoms with Crippen LogP contribution in [0.1, 0.15) is 16.7 Å². The molecule has 0 aliphatic rings. The van der Waals surface area contributed by atoms with E-state index in [0.29, 0.717) is 34.5 Å². The Balaban J connectivity index is 2.15. The highest BCUT2D eigenvalue weighted by molar-refractivity contribution is 6.17. The third-order valence-electron chi connectivity index (χ3n) is 3.95. The summed E-state index contributed by atoms with van der Waals surface area (Å²) in [6, 6.07) is 12.7. The van der Waals surface area contributed by atoms with E-state index in [1.54, 1.807) is 43.3 Å². The smallest absolute Gasteiger partial charge is 0.233 e. The lowest BCUT2D eigenvalue weighted by Gasteiger charge is -2.07. The summed E-state index contributed by atoms with van der Waals surface area (Å²) < 4.78 is 0. The Morgan fingerprint density at radius 3 is 2.08 bits per heavy atom. The summed E-state index contributed by atoms with van der Waals surface area (Å²) in [5.74, 6) is 0.118. The molecular formula is C19H16N2O4. The molecule has 1 aromatic heterocycles. The molecule has 4 N–H and O–H groups in total. The van der Waals surface area contributed by atoms with Crippen molar-refractivity contribution in [2.45, 2.75) is 6.92 Å². The Morgan fingerprint density at radius 1 is 0.960 bits per heavy atom. The van der Waals surface area contributed by atoms with Gasteiger partial charge in [0.05, 0.1) is 17.0 Å². The number of carbonyl (C=O) groups is 1. The zero-order chi connectivity index (χ0) is 18.0. The van der Waals surface area contributed by atoms with Crippen molar-refractivity contribution in [3.63, 3.8) is 0 Å². The number of nitrogens with zero attached hydrogens (tertiary/aromatic N) is 1. The van der Waals surface area contributed by atoms with Crippen LogP contribution >= 0.6 is 0 Å². The Morgan fingerprint density at radius 2 is 1.52 bits per heavy atom. The molecule has 126 valence electrons. The van der Waals surface area contributed by atoms with Crippen LogP contribution in [0.3, 0.4) is 0 Å². The van der Waals surface area contributed by atoms with Gasteiger partial charge < -0.3 is 20.3 Å². The quantitative estimate of drug-likeness (QED) is 0.434. The summed E-state index contributed by atoms with van der Waals surface area (Å²) >= 11 is 0. The van der Waals surface area contributed by atoms with Crippen LogP contribution in [-0.4, -0.2) is 32.4 Å². The van der Waals surface area contributed by atoms with Gasteiger partial charge >= 0.3 is 0 Å². The monoisotopic (exact) mass is 336 g/mol. The first kappa shape index (κ1) is 16.3. The minimum absolute atomic E-state index is 0.0917. The molecule has 0 spiro atoms. The number of H-pyrrole nitrogens is 1. The van der Waals surface area contributed by atoms with E-state index in [1.807, 2.05) is 0 Å². The highest BCUT2D eigenvalue weighted by Gasteiger charge is 2.21. The number of benzene rings is 2. The van der Waals surface area contributed by atoms with E-state index in [1.165, 1.54) is 12.1 Å². The minimum Gasteiger partial charge on any atom is -0.508 e. The van der Waals surface area contributed by atoms with E-state index in [2.05, 4.69) is 9.98 Å². The number of aromatic amines is 1. The second-order valence-electron chi connectivity index (χ2n) is 5.53. The topological polar surface area (TPSA) is 106 Å². The van der Waals surface area contributed by atoms with Crippen LogP contribution in [0.25, 0.3) is 11.3 Å². The number of hydrogen-bond donors (Lipinski definition) is 4. The summed E-state index contributed by atoms with van der Waals surface area (Å²) in [6.07, 6.45) is 0.411. The standard InChI is InChI=1S/C19H16N2O4/c1-11-16(18(20-10-22)13-4-8-15(24)9-5-13)19(25)21-17(11)12-2-6-14(23)7-3-12/h2-10,21,23-25H,1H3. The van der Waals surface area contributed by atoms with Gasteiger partial charge in [0.25, 0.3) is 0 Å². The molecule has 0 atom stereocenters. The number of aromatic nitrogens is 1. The molecule has 0 saturated carbocycles. The van der Waals surface area contributed by atoms with Crippen LogP contribution in [0, 0.1) is 6.92 Å². The van der Waals surface area contributed by atoms with E-state index < -0.39 is 0 Å². The zero-order valence-corrected chi connectivity index (χ0v) is 13.4. The lowest BCUT2D eigenvalue weighted by atomic mass is 9.98. The molecule has 0 fully saturated rings. The Hall–Kier alpha value is -3.54. The normalized spacial score (nSPS) is 11.5. The number of carbonyl (C=O) groups excluding carboxylic acids is 1. The number of hydrogen-bond acceptors (Lipinski definition) is 4. The minimum atomic E-state index is -0.116. The number of phenolic OH excluding ortho intramolecular Hbond substituents is 2. The van der Waals surface area contributed by atoms with Gasteiger partial charge in [0.1, 0.15) is 11.5 Å². The van der Waals surface area contributed by atoms with Crippen molar-refractivity contribution in [2.75, 3.05) is 0 Å². The Kier molecular flexibility index (Phi) is 4.26. The fraction of sp³-hybridized carbons (Fsp3) is 0.0526. The molecule has 0 bridgehead atoms. The molecule has 0 aliphatic carbocycles. The van der Waals surface area contributed by atoms with E-state index in [4.69, 9.17) is 0 Å². The van der Waals surface area contributed by atoms with Gasteiger partial charge in [-0.05, 0) is 66.6 Å². The van der Waals surface area contributed by atoms with Crippen molar-refractivity contribution in [1.82, 2.24) is 4.98 Å². The van der Waals surface area contributed by atoms with E-state index in [0.717, 1.165) is 5.56 Å². The molecule has 6 heteroatoms. The third-order valence-corrected chi connectivity index (χ3v) is 3.95. The fourth-order valence-electron chi connectivity index (χ4n) is 2.74. The number of amides is 1. The van der Waals surface area contributed by atoms with Gasteiger partial charge in [-0.15, -0.1) is 0 Å². The predicted molar refractivity (Wildman–Crippen MR) is 94.1 cm³/mol. The molecule has 6 nitrogen and oxygen atoms in total. The lowest BCUT2D eigenvalue weighted by Crippen LogP contribution is -2.04. The third kappa shape index (κ3) is 3.10. The second-order valence-corrected chi connectivity index (χ2v) is 5.53. The van der Waals surface area contributed by atoms with Crippen LogP contribution < -0.4 is 0 Å².